The van der Waals surface area contributed by atoms with Crippen LogP contribution in [-0.2, 0) is 11.8 Å². The van der Waals surface area contributed by atoms with E-state index in [4.69, 9.17) is 16.3 Å². The number of hydrogen-bond donors (Lipinski definition) is 1. The van der Waals surface area contributed by atoms with Crippen LogP contribution in [0.4, 0.5) is 0 Å². The van der Waals surface area contributed by atoms with Gasteiger partial charge in [0.25, 0.3) is 5.69 Å². The minimum atomic E-state index is -2.71. The summed E-state index contributed by atoms with van der Waals surface area (Å²) >= 11 is 8.06. The van der Waals surface area contributed by atoms with Crippen LogP contribution < -0.4 is 4.52 Å². The molecule has 1 aromatic carbocycles. The SMILES string of the molecule is CCCSP(O)(=S)Oc1ccc(SC)cc1. The number of thioether (sulfide) groups is 1. The third-order valence-electron chi connectivity index (χ3n) is 1.74. The molecule has 16 heavy (non-hydrogen) atoms. The van der Waals surface area contributed by atoms with Gasteiger partial charge in [-0.3, -0.25) is 0 Å². The van der Waals surface area contributed by atoms with Crippen molar-refractivity contribution < 1.29 is 9.42 Å². The van der Waals surface area contributed by atoms with Gasteiger partial charge in [0.15, 0.2) is 0 Å². The normalized spacial score (nSPS) is 14.4. The molecule has 1 aromatic rings. The van der Waals surface area contributed by atoms with Crippen LogP contribution in [-0.4, -0.2) is 16.9 Å². The molecule has 2 nitrogen and oxygen atoms in total. The minimum Gasteiger partial charge on any atom is -0.436 e. The van der Waals surface area contributed by atoms with Crippen molar-refractivity contribution in [3.05, 3.63) is 24.3 Å². The third kappa shape index (κ3) is 5.11. The molecule has 0 radical (unpaired) electrons. The highest BCUT2D eigenvalue weighted by Crippen LogP contribution is 2.55. The summed E-state index contributed by atoms with van der Waals surface area (Å²) in [7, 11) is 0. The van der Waals surface area contributed by atoms with Gasteiger partial charge in [-0.25, -0.2) is 0 Å². The van der Waals surface area contributed by atoms with Crippen molar-refractivity contribution in [1.29, 1.82) is 0 Å². The van der Waals surface area contributed by atoms with Gasteiger partial charge in [0.1, 0.15) is 5.75 Å². The standard InChI is InChI=1S/C10H15O2PS3/c1-3-8-16-13(11,14)12-9-4-6-10(15-2)7-5-9/h4-7H,3,8H2,1-2H3,(H,11,14). The highest BCUT2D eigenvalue weighted by atomic mass is 32.9. The molecule has 1 atom stereocenters. The molecule has 1 N–H and O–H groups in total. The lowest BCUT2D eigenvalue weighted by Gasteiger charge is -2.15. The first-order valence-electron chi connectivity index (χ1n) is 4.88. The van der Waals surface area contributed by atoms with Crippen molar-refractivity contribution in [2.75, 3.05) is 12.0 Å². The van der Waals surface area contributed by atoms with Crippen molar-refractivity contribution in [3.63, 3.8) is 0 Å². The van der Waals surface area contributed by atoms with E-state index in [9.17, 15) is 4.89 Å². The van der Waals surface area contributed by atoms with Crippen molar-refractivity contribution in [2.45, 2.75) is 18.2 Å². The molecule has 0 heterocycles. The summed E-state index contributed by atoms with van der Waals surface area (Å²) in [6.07, 6.45) is 3.00. The first-order chi connectivity index (χ1) is 7.57. The Labute approximate surface area is 110 Å². The topological polar surface area (TPSA) is 29.5 Å². The Morgan fingerprint density at radius 2 is 2.00 bits per heavy atom. The van der Waals surface area contributed by atoms with Crippen LogP contribution in [0.5, 0.6) is 5.75 Å². The van der Waals surface area contributed by atoms with E-state index in [-0.39, 0.29) is 0 Å². The zero-order chi connectivity index (χ0) is 12.0. The van der Waals surface area contributed by atoms with Gasteiger partial charge in [0.2, 0.25) is 0 Å². The summed E-state index contributed by atoms with van der Waals surface area (Å²) in [4.78, 5) is 11.1. The average molecular weight is 294 g/mol. The minimum absolute atomic E-state index is 0.646. The molecule has 0 bridgehead atoms. The molecule has 0 saturated heterocycles. The monoisotopic (exact) mass is 294 g/mol. The van der Waals surface area contributed by atoms with Gasteiger partial charge in [0.05, 0.1) is 0 Å². The molecule has 1 unspecified atom stereocenters. The van der Waals surface area contributed by atoms with Gasteiger partial charge in [-0.15, -0.1) is 11.8 Å². The van der Waals surface area contributed by atoms with Crippen LogP contribution >= 0.6 is 28.8 Å². The summed E-state index contributed by atoms with van der Waals surface area (Å²) in [6.45, 7) is 2.05. The van der Waals surface area contributed by atoms with Gasteiger partial charge < -0.3 is 9.42 Å². The molecule has 6 heteroatoms. The smallest absolute Gasteiger partial charge is 0.294 e. The molecule has 0 aliphatic carbocycles. The second-order valence-electron chi connectivity index (χ2n) is 3.07. The molecular formula is C10H15O2PS3. The molecule has 0 spiro atoms. The zero-order valence-electron chi connectivity index (χ0n) is 9.25. The van der Waals surface area contributed by atoms with Gasteiger partial charge in [-0.05, 0) is 48.7 Å². The van der Waals surface area contributed by atoms with E-state index in [2.05, 4.69) is 6.92 Å². The number of hydrogen-bond acceptors (Lipinski definition) is 4. The van der Waals surface area contributed by atoms with E-state index in [1.54, 1.807) is 11.8 Å². The van der Waals surface area contributed by atoms with Crippen LogP contribution in [0.25, 0.3) is 0 Å². The Hall–Kier alpha value is 0.330. The summed E-state index contributed by atoms with van der Waals surface area (Å²) in [5.41, 5.74) is -2.71. The maximum atomic E-state index is 9.89. The quantitative estimate of drug-likeness (QED) is 0.629. The van der Waals surface area contributed by atoms with Gasteiger partial charge >= 0.3 is 0 Å². The molecule has 0 aliphatic rings. The lowest BCUT2D eigenvalue weighted by molar-refractivity contribution is 0.504. The second kappa shape index (κ2) is 6.92. The predicted octanol–water partition coefficient (Wildman–Crippen LogP) is 4.15. The summed E-state index contributed by atoms with van der Waals surface area (Å²) in [5, 5.41) is 0. The van der Waals surface area contributed by atoms with Crippen molar-refractivity contribution >= 4 is 40.6 Å². The molecule has 90 valence electrons. The Morgan fingerprint density at radius 3 is 2.50 bits per heavy atom. The summed E-state index contributed by atoms with van der Waals surface area (Å²) in [6, 6.07) is 7.60. The number of benzene rings is 1. The highest BCUT2D eigenvalue weighted by molar-refractivity contribution is 8.67. The van der Waals surface area contributed by atoms with E-state index in [1.165, 1.54) is 16.3 Å². The molecule has 0 amide bonds. The van der Waals surface area contributed by atoms with E-state index < -0.39 is 5.69 Å². The van der Waals surface area contributed by atoms with Crippen LogP contribution in [0.15, 0.2) is 29.2 Å². The number of rotatable bonds is 6. The second-order valence-corrected chi connectivity index (χ2v) is 10.2. The van der Waals surface area contributed by atoms with E-state index >= 15 is 0 Å². The fourth-order valence-corrected chi connectivity index (χ4v) is 4.85. The van der Waals surface area contributed by atoms with Gasteiger partial charge in [-0.1, -0.05) is 18.3 Å². The van der Waals surface area contributed by atoms with Crippen molar-refractivity contribution in [2.24, 2.45) is 0 Å². The van der Waals surface area contributed by atoms with Crippen LogP contribution in [0.1, 0.15) is 13.3 Å². The highest BCUT2D eigenvalue weighted by Gasteiger charge is 2.15. The average Bonchev–Trinajstić information content (AvgIpc) is 2.27. The fourth-order valence-electron chi connectivity index (χ4n) is 1.00. The van der Waals surface area contributed by atoms with Crippen LogP contribution in [0.3, 0.4) is 0 Å². The lowest BCUT2D eigenvalue weighted by atomic mass is 10.3. The zero-order valence-corrected chi connectivity index (χ0v) is 12.6. The lowest BCUT2D eigenvalue weighted by Crippen LogP contribution is -1.89. The largest absolute Gasteiger partial charge is 0.436 e. The fraction of sp³-hybridized carbons (Fsp3) is 0.400. The van der Waals surface area contributed by atoms with Crippen LogP contribution in [0.2, 0.25) is 0 Å². The van der Waals surface area contributed by atoms with Crippen molar-refractivity contribution in [1.82, 2.24) is 0 Å². The van der Waals surface area contributed by atoms with Gasteiger partial charge in [-0.2, -0.15) is 0 Å². The Balaban J connectivity index is 2.61. The molecule has 1 rings (SSSR count). The first kappa shape index (κ1) is 14.4. The van der Waals surface area contributed by atoms with E-state index in [0.29, 0.717) is 5.75 Å². The molecule has 0 saturated carbocycles. The van der Waals surface area contributed by atoms with E-state index in [0.717, 1.165) is 12.2 Å². The Kier molecular flexibility index (Phi) is 6.22. The van der Waals surface area contributed by atoms with Crippen molar-refractivity contribution in [3.8, 4) is 5.75 Å². The Bertz CT molecular complexity index is 367. The van der Waals surface area contributed by atoms with E-state index in [1.807, 2.05) is 30.5 Å². The third-order valence-corrected chi connectivity index (χ3v) is 6.76. The molecule has 0 aliphatic heterocycles. The molecule has 0 aromatic heterocycles. The summed E-state index contributed by atoms with van der Waals surface area (Å²) < 4.78 is 5.44. The maximum Gasteiger partial charge on any atom is 0.294 e. The van der Waals surface area contributed by atoms with Crippen LogP contribution in [0, 0.1) is 0 Å². The first-order valence-corrected chi connectivity index (χ1v) is 10.4. The van der Waals surface area contributed by atoms with Gasteiger partial charge in [0, 0.05) is 10.6 Å². The summed E-state index contributed by atoms with van der Waals surface area (Å²) in [5.74, 6) is 1.48. The predicted molar refractivity (Wildman–Crippen MR) is 78.1 cm³/mol. The molecular weight excluding hydrogens is 279 g/mol. The maximum absolute atomic E-state index is 9.89. The Morgan fingerprint density at radius 1 is 1.38 bits per heavy atom. The molecule has 0 fully saturated rings.